The first kappa shape index (κ1) is 16.4. The second-order valence-corrected chi connectivity index (χ2v) is 6.73. The summed E-state index contributed by atoms with van der Waals surface area (Å²) in [6.07, 6.45) is 4.94. The monoisotopic (exact) mass is 372 g/mol. The van der Waals surface area contributed by atoms with E-state index in [9.17, 15) is 4.79 Å². The Labute approximate surface area is 159 Å². The van der Waals surface area contributed by atoms with E-state index in [-0.39, 0.29) is 17.5 Å². The lowest BCUT2D eigenvalue weighted by Gasteiger charge is -2.15. The van der Waals surface area contributed by atoms with E-state index in [4.69, 9.17) is 4.52 Å². The second-order valence-electron chi connectivity index (χ2n) is 6.73. The molecule has 0 bridgehead atoms. The number of hydrogen-bond acceptors (Lipinski definition) is 6. The predicted octanol–water partition coefficient (Wildman–Crippen LogP) is 3.34. The SMILES string of the molecule is CC(C)n1c(=O)c2c(-c3nc(-c4cccnc4)no3)ncn2c2ccccc21. The predicted molar refractivity (Wildman–Crippen MR) is 104 cm³/mol. The van der Waals surface area contributed by atoms with Gasteiger partial charge in [0.25, 0.3) is 11.4 Å². The molecule has 0 radical (unpaired) electrons. The van der Waals surface area contributed by atoms with Crippen LogP contribution in [0.5, 0.6) is 0 Å². The first-order valence-electron chi connectivity index (χ1n) is 8.90. The molecule has 5 rings (SSSR count). The van der Waals surface area contributed by atoms with Crippen molar-refractivity contribution in [2.75, 3.05) is 0 Å². The van der Waals surface area contributed by atoms with Crippen molar-refractivity contribution in [2.24, 2.45) is 0 Å². The van der Waals surface area contributed by atoms with Crippen molar-refractivity contribution in [3.63, 3.8) is 0 Å². The zero-order chi connectivity index (χ0) is 19.3. The molecule has 8 heteroatoms. The Kier molecular flexibility index (Phi) is 3.58. The van der Waals surface area contributed by atoms with Gasteiger partial charge >= 0.3 is 0 Å². The van der Waals surface area contributed by atoms with Gasteiger partial charge in [-0.25, -0.2) is 4.98 Å². The zero-order valence-corrected chi connectivity index (χ0v) is 15.3. The standard InChI is InChI=1S/C20H16N6O2/c1-12(2)26-15-8-4-3-7-14(15)25-11-22-16(17(25)20(26)27)19-23-18(24-28-19)13-6-5-9-21-10-13/h3-12H,1-2H3. The molecule has 0 aliphatic heterocycles. The lowest BCUT2D eigenvalue weighted by atomic mass is 10.2. The summed E-state index contributed by atoms with van der Waals surface area (Å²) in [6, 6.07) is 11.4. The van der Waals surface area contributed by atoms with Gasteiger partial charge in [0, 0.05) is 24.0 Å². The maximum atomic E-state index is 13.3. The normalized spacial score (nSPS) is 11.7. The van der Waals surface area contributed by atoms with E-state index >= 15 is 0 Å². The van der Waals surface area contributed by atoms with Crippen molar-refractivity contribution in [1.29, 1.82) is 0 Å². The molecule has 138 valence electrons. The van der Waals surface area contributed by atoms with Gasteiger partial charge in [-0.15, -0.1) is 0 Å². The van der Waals surface area contributed by atoms with E-state index in [2.05, 4.69) is 20.1 Å². The number of nitrogens with zero attached hydrogens (tertiary/aromatic N) is 6. The van der Waals surface area contributed by atoms with Gasteiger partial charge in [0.15, 0.2) is 5.69 Å². The summed E-state index contributed by atoms with van der Waals surface area (Å²) in [7, 11) is 0. The highest BCUT2D eigenvalue weighted by molar-refractivity contribution is 5.83. The topological polar surface area (TPSA) is 91.1 Å². The quantitative estimate of drug-likeness (QED) is 0.482. The third-order valence-electron chi connectivity index (χ3n) is 4.65. The molecule has 0 unspecified atom stereocenters. The Morgan fingerprint density at radius 3 is 2.64 bits per heavy atom. The number of benzene rings is 1. The Hall–Kier alpha value is -3.81. The molecule has 1 aromatic carbocycles. The summed E-state index contributed by atoms with van der Waals surface area (Å²) in [4.78, 5) is 26.2. The van der Waals surface area contributed by atoms with Crippen LogP contribution in [0, 0.1) is 0 Å². The Morgan fingerprint density at radius 2 is 1.89 bits per heavy atom. The van der Waals surface area contributed by atoms with E-state index in [1.807, 2.05) is 44.2 Å². The number of hydrogen-bond donors (Lipinski definition) is 0. The molecule has 5 aromatic rings. The molecule has 0 aliphatic carbocycles. The van der Waals surface area contributed by atoms with Gasteiger partial charge in [-0.05, 0) is 38.1 Å². The van der Waals surface area contributed by atoms with Crippen LogP contribution in [-0.4, -0.2) is 29.1 Å². The summed E-state index contributed by atoms with van der Waals surface area (Å²) in [5.74, 6) is 0.596. The average Bonchev–Trinajstić information content (AvgIpc) is 3.36. The summed E-state index contributed by atoms with van der Waals surface area (Å²) < 4.78 is 8.96. The van der Waals surface area contributed by atoms with Crippen molar-refractivity contribution in [1.82, 2.24) is 29.1 Å². The van der Waals surface area contributed by atoms with Crippen LogP contribution < -0.4 is 5.56 Å². The Morgan fingerprint density at radius 1 is 1.07 bits per heavy atom. The number of para-hydroxylation sites is 2. The molecule has 0 saturated heterocycles. The van der Waals surface area contributed by atoms with Crippen molar-refractivity contribution in [2.45, 2.75) is 19.9 Å². The molecule has 0 amide bonds. The van der Waals surface area contributed by atoms with E-state index in [1.54, 1.807) is 33.8 Å². The van der Waals surface area contributed by atoms with Crippen LogP contribution in [0.4, 0.5) is 0 Å². The molecule has 0 spiro atoms. The number of rotatable bonds is 3. The van der Waals surface area contributed by atoms with Crippen LogP contribution in [0.1, 0.15) is 19.9 Å². The number of pyridine rings is 1. The van der Waals surface area contributed by atoms with Crippen molar-refractivity contribution < 1.29 is 4.52 Å². The summed E-state index contributed by atoms with van der Waals surface area (Å²) in [6.45, 7) is 3.96. The van der Waals surface area contributed by atoms with Gasteiger partial charge in [-0.3, -0.25) is 14.2 Å². The molecule has 28 heavy (non-hydrogen) atoms. The Balaban J connectivity index is 1.79. The largest absolute Gasteiger partial charge is 0.332 e. The lowest BCUT2D eigenvalue weighted by Crippen LogP contribution is -2.24. The second kappa shape index (κ2) is 6.12. The zero-order valence-electron chi connectivity index (χ0n) is 15.3. The molecule has 0 atom stereocenters. The number of imidazole rings is 1. The first-order chi connectivity index (χ1) is 13.6. The molecule has 0 aliphatic rings. The number of fused-ring (bicyclic) bond motifs is 3. The molecule has 0 fully saturated rings. The van der Waals surface area contributed by atoms with Crippen molar-refractivity contribution >= 4 is 16.6 Å². The van der Waals surface area contributed by atoms with Gasteiger partial charge in [-0.1, -0.05) is 17.3 Å². The highest BCUT2D eigenvalue weighted by atomic mass is 16.5. The van der Waals surface area contributed by atoms with Crippen molar-refractivity contribution in [3.8, 4) is 23.0 Å². The van der Waals surface area contributed by atoms with E-state index in [1.165, 1.54) is 0 Å². The smallest absolute Gasteiger partial charge is 0.279 e. The highest BCUT2D eigenvalue weighted by Gasteiger charge is 2.22. The van der Waals surface area contributed by atoms with Crippen LogP contribution in [0.2, 0.25) is 0 Å². The van der Waals surface area contributed by atoms with Gasteiger partial charge in [0.2, 0.25) is 5.82 Å². The maximum absolute atomic E-state index is 13.3. The summed E-state index contributed by atoms with van der Waals surface area (Å²) in [5.41, 5.74) is 3.09. The lowest BCUT2D eigenvalue weighted by molar-refractivity contribution is 0.431. The fraction of sp³-hybridized carbons (Fsp3) is 0.150. The summed E-state index contributed by atoms with van der Waals surface area (Å²) in [5, 5.41) is 4.01. The minimum atomic E-state index is -0.151. The van der Waals surface area contributed by atoms with E-state index in [0.29, 0.717) is 17.0 Å². The van der Waals surface area contributed by atoms with Crippen LogP contribution in [-0.2, 0) is 0 Å². The van der Waals surface area contributed by atoms with Crippen LogP contribution >= 0.6 is 0 Å². The molecule has 4 aromatic heterocycles. The average molecular weight is 372 g/mol. The van der Waals surface area contributed by atoms with Crippen LogP contribution in [0.15, 0.2) is 64.4 Å². The third kappa shape index (κ3) is 2.34. The van der Waals surface area contributed by atoms with Crippen LogP contribution in [0.3, 0.4) is 0 Å². The van der Waals surface area contributed by atoms with Crippen molar-refractivity contribution in [3.05, 3.63) is 65.5 Å². The van der Waals surface area contributed by atoms with Gasteiger partial charge in [0.05, 0.1) is 11.0 Å². The van der Waals surface area contributed by atoms with Crippen LogP contribution in [0.25, 0.3) is 39.5 Å². The molecular formula is C20H16N6O2. The van der Waals surface area contributed by atoms with Gasteiger partial charge < -0.3 is 9.09 Å². The minimum absolute atomic E-state index is 0.0150. The number of aromatic nitrogens is 6. The van der Waals surface area contributed by atoms with Gasteiger partial charge in [-0.2, -0.15) is 4.98 Å². The summed E-state index contributed by atoms with van der Waals surface area (Å²) >= 11 is 0. The Bertz CT molecular complexity index is 1360. The fourth-order valence-corrected chi connectivity index (χ4v) is 3.43. The highest BCUT2D eigenvalue weighted by Crippen LogP contribution is 2.26. The van der Waals surface area contributed by atoms with Gasteiger partial charge in [0.1, 0.15) is 11.8 Å². The fourth-order valence-electron chi connectivity index (χ4n) is 3.43. The molecule has 8 nitrogen and oxygen atoms in total. The molecule has 4 heterocycles. The molecular weight excluding hydrogens is 356 g/mol. The van der Waals surface area contributed by atoms with E-state index < -0.39 is 0 Å². The minimum Gasteiger partial charge on any atom is -0.332 e. The van der Waals surface area contributed by atoms with E-state index in [0.717, 1.165) is 16.6 Å². The first-order valence-corrected chi connectivity index (χ1v) is 8.90. The maximum Gasteiger partial charge on any atom is 0.279 e. The molecule has 0 saturated carbocycles. The third-order valence-corrected chi connectivity index (χ3v) is 4.65. The molecule has 0 N–H and O–H groups in total.